The number of benzene rings is 1. The Morgan fingerprint density at radius 1 is 1.05 bits per heavy atom. The second-order valence-electron chi connectivity index (χ2n) is 4.20. The molecule has 1 aromatic carbocycles. The molecule has 0 amide bonds. The van der Waals surface area contributed by atoms with Gasteiger partial charge in [0.25, 0.3) is 0 Å². The highest BCUT2D eigenvalue weighted by molar-refractivity contribution is 5.78. The van der Waals surface area contributed by atoms with E-state index in [1.54, 1.807) is 6.20 Å². The largest absolute Gasteiger partial charge is 0.349 e. The molecule has 1 N–H and O–H groups in total. The molecule has 3 rings (SSSR count). The van der Waals surface area contributed by atoms with E-state index in [1.165, 1.54) is 0 Å². The van der Waals surface area contributed by atoms with Gasteiger partial charge in [0.05, 0.1) is 17.8 Å². The zero-order valence-electron chi connectivity index (χ0n) is 10.5. The average Bonchev–Trinajstić information content (AvgIpc) is 2.45. The van der Waals surface area contributed by atoms with Gasteiger partial charge in [0.1, 0.15) is 5.82 Å². The third kappa shape index (κ3) is 2.65. The SMILES string of the molecule is Cc1nccc(CNc2ncc3ccccc3n2)n1. The minimum absolute atomic E-state index is 0.585. The topological polar surface area (TPSA) is 63.6 Å². The van der Waals surface area contributed by atoms with Gasteiger partial charge in [-0.25, -0.2) is 19.9 Å². The van der Waals surface area contributed by atoms with E-state index in [4.69, 9.17) is 0 Å². The maximum absolute atomic E-state index is 4.45. The summed E-state index contributed by atoms with van der Waals surface area (Å²) in [6.07, 6.45) is 3.57. The minimum Gasteiger partial charge on any atom is -0.349 e. The van der Waals surface area contributed by atoms with Crippen LogP contribution < -0.4 is 5.32 Å². The van der Waals surface area contributed by atoms with E-state index in [0.717, 1.165) is 22.4 Å². The average molecular weight is 251 g/mol. The number of aromatic nitrogens is 4. The number of rotatable bonds is 3. The van der Waals surface area contributed by atoms with Gasteiger partial charge in [-0.05, 0) is 19.1 Å². The standard InChI is InChI=1S/C14H13N5/c1-10-15-7-6-12(18-10)9-17-14-16-8-11-4-2-3-5-13(11)19-14/h2-8H,9H2,1H3,(H,16,17,19). The van der Waals surface area contributed by atoms with Crippen LogP contribution in [-0.2, 0) is 6.54 Å². The van der Waals surface area contributed by atoms with Crippen LogP contribution in [0.2, 0.25) is 0 Å². The van der Waals surface area contributed by atoms with Gasteiger partial charge in [-0.1, -0.05) is 18.2 Å². The summed E-state index contributed by atoms with van der Waals surface area (Å²) in [6.45, 7) is 2.46. The molecule has 0 aliphatic rings. The molecule has 0 unspecified atom stereocenters. The van der Waals surface area contributed by atoms with Gasteiger partial charge >= 0.3 is 0 Å². The van der Waals surface area contributed by atoms with Crippen molar-refractivity contribution >= 4 is 16.9 Å². The zero-order chi connectivity index (χ0) is 13.1. The van der Waals surface area contributed by atoms with Crippen LogP contribution >= 0.6 is 0 Å². The monoisotopic (exact) mass is 251 g/mol. The number of nitrogens with one attached hydrogen (secondary N) is 1. The smallest absolute Gasteiger partial charge is 0.223 e. The Kier molecular flexibility index (Phi) is 3.02. The summed E-state index contributed by atoms with van der Waals surface area (Å²) in [7, 11) is 0. The summed E-state index contributed by atoms with van der Waals surface area (Å²) in [6, 6.07) is 9.78. The Hall–Kier alpha value is -2.56. The van der Waals surface area contributed by atoms with E-state index in [0.29, 0.717) is 12.5 Å². The molecule has 0 fully saturated rings. The molecular weight excluding hydrogens is 238 g/mol. The Labute approximate surface area is 110 Å². The predicted molar refractivity (Wildman–Crippen MR) is 73.6 cm³/mol. The summed E-state index contributed by atoms with van der Waals surface area (Å²) < 4.78 is 0. The number of para-hydroxylation sites is 1. The molecule has 19 heavy (non-hydrogen) atoms. The number of hydrogen-bond acceptors (Lipinski definition) is 5. The number of aryl methyl sites for hydroxylation is 1. The summed E-state index contributed by atoms with van der Waals surface area (Å²) in [5.41, 5.74) is 1.85. The third-order valence-corrected chi connectivity index (χ3v) is 2.75. The fourth-order valence-electron chi connectivity index (χ4n) is 1.83. The fourth-order valence-corrected chi connectivity index (χ4v) is 1.83. The molecule has 2 heterocycles. The van der Waals surface area contributed by atoms with Gasteiger partial charge < -0.3 is 5.32 Å². The van der Waals surface area contributed by atoms with Crippen molar-refractivity contribution in [3.05, 3.63) is 54.2 Å². The summed E-state index contributed by atoms with van der Waals surface area (Å²) in [4.78, 5) is 17.1. The van der Waals surface area contributed by atoms with Gasteiger partial charge in [0.15, 0.2) is 0 Å². The molecule has 3 aromatic rings. The molecule has 94 valence electrons. The first-order chi connectivity index (χ1) is 9.31. The van der Waals surface area contributed by atoms with Crippen molar-refractivity contribution < 1.29 is 0 Å². The van der Waals surface area contributed by atoms with E-state index >= 15 is 0 Å². The lowest BCUT2D eigenvalue weighted by Gasteiger charge is -2.05. The van der Waals surface area contributed by atoms with Crippen LogP contribution in [0.4, 0.5) is 5.95 Å². The Bertz CT molecular complexity index is 711. The second-order valence-corrected chi connectivity index (χ2v) is 4.20. The number of hydrogen-bond donors (Lipinski definition) is 1. The molecule has 0 bridgehead atoms. The second kappa shape index (κ2) is 4.97. The summed E-state index contributed by atoms with van der Waals surface area (Å²) >= 11 is 0. The first kappa shape index (κ1) is 11.5. The van der Waals surface area contributed by atoms with Crippen LogP contribution in [-0.4, -0.2) is 19.9 Å². The lowest BCUT2D eigenvalue weighted by molar-refractivity contribution is 0.943. The van der Waals surface area contributed by atoms with Gasteiger partial charge in [0.2, 0.25) is 5.95 Å². The molecule has 5 heteroatoms. The van der Waals surface area contributed by atoms with Crippen LogP contribution in [0.3, 0.4) is 0 Å². The van der Waals surface area contributed by atoms with Crippen molar-refractivity contribution in [3.63, 3.8) is 0 Å². The fraction of sp³-hybridized carbons (Fsp3) is 0.143. The van der Waals surface area contributed by atoms with Crippen LogP contribution in [0, 0.1) is 6.92 Å². The highest BCUT2D eigenvalue weighted by Crippen LogP contribution is 2.12. The van der Waals surface area contributed by atoms with Crippen LogP contribution in [0.15, 0.2) is 42.7 Å². The molecule has 2 aromatic heterocycles. The lowest BCUT2D eigenvalue weighted by Crippen LogP contribution is -2.06. The van der Waals surface area contributed by atoms with Crippen molar-refractivity contribution in [2.24, 2.45) is 0 Å². The molecule has 5 nitrogen and oxygen atoms in total. The van der Waals surface area contributed by atoms with Crippen LogP contribution in [0.1, 0.15) is 11.5 Å². The molecule has 0 spiro atoms. The molecule has 0 atom stereocenters. The van der Waals surface area contributed by atoms with Gasteiger partial charge in [-0.3, -0.25) is 0 Å². The first-order valence-electron chi connectivity index (χ1n) is 6.05. The van der Waals surface area contributed by atoms with Gasteiger partial charge in [0, 0.05) is 17.8 Å². The third-order valence-electron chi connectivity index (χ3n) is 2.75. The molecule has 0 saturated heterocycles. The molecule has 0 saturated carbocycles. The molecule has 0 aliphatic heterocycles. The van der Waals surface area contributed by atoms with Crippen LogP contribution in [0.25, 0.3) is 10.9 Å². The predicted octanol–water partition coefficient (Wildman–Crippen LogP) is 2.34. The summed E-state index contributed by atoms with van der Waals surface area (Å²) in [5.74, 6) is 1.37. The van der Waals surface area contributed by atoms with E-state index in [2.05, 4.69) is 25.3 Å². The number of nitrogens with zero attached hydrogens (tertiary/aromatic N) is 4. The highest BCUT2D eigenvalue weighted by Gasteiger charge is 2.00. The van der Waals surface area contributed by atoms with E-state index in [9.17, 15) is 0 Å². The van der Waals surface area contributed by atoms with E-state index in [1.807, 2.05) is 43.5 Å². The van der Waals surface area contributed by atoms with Crippen molar-refractivity contribution in [1.29, 1.82) is 0 Å². The minimum atomic E-state index is 0.585. The Morgan fingerprint density at radius 3 is 2.84 bits per heavy atom. The molecule has 0 radical (unpaired) electrons. The molecule has 0 aliphatic carbocycles. The highest BCUT2D eigenvalue weighted by atomic mass is 15.1. The summed E-state index contributed by atoms with van der Waals surface area (Å²) in [5, 5.41) is 4.20. The number of anilines is 1. The van der Waals surface area contributed by atoms with Crippen molar-refractivity contribution in [1.82, 2.24) is 19.9 Å². The van der Waals surface area contributed by atoms with Crippen molar-refractivity contribution in [3.8, 4) is 0 Å². The number of fused-ring (bicyclic) bond motifs is 1. The molecular formula is C14H13N5. The maximum atomic E-state index is 4.45. The van der Waals surface area contributed by atoms with Crippen molar-refractivity contribution in [2.45, 2.75) is 13.5 Å². The van der Waals surface area contributed by atoms with Crippen molar-refractivity contribution in [2.75, 3.05) is 5.32 Å². The van der Waals surface area contributed by atoms with E-state index < -0.39 is 0 Å². The normalized spacial score (nSPS) is 10.6. The maximum Gasteiger partial charge on any atom is 0.223 e. The van der Waals surface area contributed by atoms with E-state index in [-0.39, 0.29) is 0 Å². The van der Waals surface area contributed by atoms with Gasteiger partial charge in [-0.15, -0.1) is 0 Å². The lowest BCUT2D eigenvalue weighted by atomic mass is 10.2. The Balaban J connectivity index is 1.78. The zero-order valence-corrected chi connectivity index (χ0v) is 10.5. The van der Waals surface area contributed by atoms with Gasteiger partial charge in [-0.2, -0.15) is 0 Å². The quantitative estimate of drug-likeness (QED) is 0.774. The first-order valence-corrected chi connectivity index (χ1v) is 6.05. The van der Waals surface area contributed by atoms with Crippen LogP contribution in [0.5, 0.6) is 0 Å². The Morgan fingerprint density at radius 2 is 1.95 bits per heavy atom.